The summed E-state index contributed by atoms with van der Waals surface area (Å²) < 4.78 is 10.5. The van der Waals surface area contributed by atoms with Gasteiger partial charge in [0.05, 0.1) is 18.9 Å². The number of carbonyl (C=O) groups excluding carboxylic acids is 2. The molecule has 6 heteroatoms. The second-order valence-electron chi connectivity index (χ2n) is 8.86. The molecule has 1 N–H and O–H groups in total. The van der Waals surface area contributed by atoms with Gasteiger partial charge in [-0.15, -0.1) is 0 Å². The van der Waals surface area contributed by atoms with Crippen LogP contribution in [-0.2, 0) is 20.7 Å². The van der Waals surface area contributed by atoms with Gasteiger partial charge in [0.2, 0.25) is 5.91 Å². The molecule has 0 radical (unpaired) electrons. The van der Waals surface area contributed by atoms with E-state index in [9.17, 15) is 9.59 Å². The predicted octanol–water partition coefficient (Wildman–Crippen LogP) is 3.00. The molecule has 4 fully saturated rings. The number of hydrogen-bond acceptors (Lipinski definition) is 5. The zero-order valence-corrected chi connectivity index (χ0v) is 15.5. The van der Waals surface area contributed by atoms with Crippen LogP contribution in [0.5, 0.6) is 0 Å². The molecule has 2 unspecified atom stereocenters. The number of fused-ring (bicyclic) bond motifs is 1. The van der Waals surface area contributed by atoms with E-state index in [2.05, 4.69) is 10.5 Å². The Morgan fingerprint density at radius 3 is 2.70 bits per heavy atom. The number of aromatic nitrogens is 1. The van der Waals surface area contributed by atoms with E-state index in [1.807, 2.05) is 24.3 Å². The van der Waals surface area contributed by atoms with Gasteiger partial charge in [-0.1, -0.05) is 17.3 Å². The molecule has 2 atom stereocenters. The summed E-state index contributed by atoms with van der Waals surface area (Å²) in [7, 11) is 1.47. The number of esters is 1. The minimum Gasteiger partial charge on any atom is -0.469 e. The fourth-order valence-corrected chi connectivity index (χ4v) is 6.42. The van der Waals surface area contributed by atoms with Gasteiger partial charge in [0.15, 0.2) is 5.58 Å². The molecule has 0 aliphatic heterocycles. The molecule has 1 amide bonds. The normalized spacial score (nSPS) is 34.0. The zero-order chi connectivity index (χ0) is 18.6. The van der Waals surface area contributed by atoms with Crippen molar-refractivity contribution in [2.45, 2.75) is 50.5 Å². The molecular formula is C21H24N2O4. The lowest BCUT2D eigenvalue weighted by atomic mass is 9.47. The monoisotopic (exact) mass is 368 g/mol. The lowest BCUT2D eigenvalue weighted by molar-refractivity contribution is -0.173. The zero-order valence-electron chi connectivity index (χ0n) is 15.5. The lowest BCUT2D eigenvalue weighted by Crippen LogP contribution is -2.65. The van der Waals surface area contributed by atoms with Crippen LogP contribution in [0.4, 0.5) is 0 Å². The Balaban J connectivity index is 1.37. The van der Waals surface area contributed by atoms with Crippen molar-refractivity contribution in [2.75, 3.05) is 7.11 Å². The standard InChI is InChI=1S/C21H24N2O4/c1-26-19(25)20-8-13-6-14(9-20)11-21(10-13,12-20)22-18(24)7-16-15-4-2-3-5-17(15)27-23-16/h2-5,13-14H,6-12H2,1H3,(H,22,24). The van der Waals surface area contributed by atoms with Gasteiger partial charge in [0.25, 0.3) is 0 Å². The first-order chi connectivity index (χ1) is 13.0. The van der Waals surface area contributed by atoms with Crippen molar-refractivity contribution in [1.82, 2.24) is 10.5 Å². The van der Waals surface area contributed by atoms with Crippen LogP contribution in [0.3, 0.4) is 0 Å². The third-order valence-electron chi connectivity index (χ3n) is 6.86. The van der Waals surface area contributed by atoms with E-state index >= 15 is 0 Å². The highest BCUT2D eigenvalue weighted by Gasteiger charge is 2.61. The summed E-state index contributed by atoms with van der Waals surface area (Å²) in [4.78, 5) is 25.4. The van der Waals surface area contributed by atoms with E-state index in [1.165, 1.54) is 13.5 Å². The number of benzene rings is 1. The molecular weight excluding hydrogens is 344 g/mol. The largest absolute Gasteiger partial charge is 0.469 e. The first kappa shape index (κ1) is 16.8. The lowest BCUT2D eigenvalue weighted by Gasteiger charge is -2.60. The predicted molar refractivity (Wildman–Crippen MR) is 97.7 cm³/mol. The van der Waals surface area contributed by atoms with E-state index in [0.717, 1.165) is 31.1 Å². The smallest absolute Gasteiger partial charge is 0.311 e. The van der Waals surface area contributed by atoms with Crippen molar-refractivity contribution < 1.29 is 18.8 Å². The van der Waals surface area contributed by atoms with Crippen LogP contribution in [0.15, 0.2) is 28.8 Å². The summed E-state index contributed by atoms with van der Waals surface area (Å²) in [5.74, 6) is 0.853. The van der Waals surface area contributed by atoms with E-state index in [-0.39, 0.29) is 23.8 Å². The van der Waals surface area contributed by atoms with Gasteiger partial charge >= 0.3 is 5.97 Å². The molecule has 6 rings (SSSR count). The molecule has 0 spiro atoms. The highest BCUT2D eigenvalue weighted by molar-refractivity contribution is 5.86. The molecule has 4 aliphatic carbocycles. The van der Waals surface area contributed by atoms with Crippen LogP contribution in [0.25, 0.3) is 11.0 Å². The third-order valence-corrected chi connectivity index (χ3v) is 6.86. The maximum atomic E-state index is 12.9. The van der Waals surface area contributed by atoms with E-state index in [1.54, 1.807) is 0 Å². The Labute approximate surface area is 157 Å². The van der Waals surface area contributed by atoms with Crippen molar-refractivity contribution in [1.29, 1.82) is 0 Å². The van der Waals surface area contributed by atoms with Crippen LogP contribution in [0.2, 0.25) is 0 Å². The topological polar surface area (TPSA) is 81.4 Å². The van der Waals surface area contributed by atoms with Gasteiger partial charge in [-0.3, -0.25) is 9.59 Å². The number of carbonyl (C=O) groups is 2. The molecule has 2 aromatic rings. The number of hydrogen-bond donors (Lipinski definition) is 1. The average Bonchev–Trinajstić information content (AvgIpc) is 3.02. The number of rotatable bonds is 4. The highest BCUT2D eigenvalue weighted by Crippen LogP contribution is 2.62. The quantitative estimate of drug-likeness (QED) is 0.839. The molecule has 1 aromatic heterocycles. The fourth-order valence-electron chi connectivity index (χ4n) is 6.42. The number of para-hydroxylation sites is 1. The maximum absolute atomic E-state index is 12.9. The molecule has 142 valence electrons. The number of nitrogens with one attached hydrogen (secondary N) is 1. The Morgan fingerprint density at radius 2 is 1.96 bits per heavy atom. The van der Waals surface area contributed by atoms with Crippen LogP contribution in [0.1, 0.15) is 44.2 Å². The summed E-state index contributed by atoms with van der Waals surface area (Å²) in [5, 5.41) is 8.26. The number of methoxy groups -OCH3 is 1. The van der Waals surface area contributed by atoms with Gasteiger partial charge in [0, 0.05) is 10.9 Å². The van der Waals surface area contributed by atoms with Crippen molar-refractivity contribution in [3.05, 3.63) is 30.0 Å². The summed E-state index contributed by atoms with van der Waals surface area (Å²) in [6, 6.07) is 7.58. The van der Waals surface area contributed by atoms with Crippen molar-refractivity contribution in [3.63, 3.8) is 0 Å². The molecule has 4 saturated carbocycles. The Bertz CT molecular complexity index is 904. The van der Waals surface area contributed by atoms with Gasteiger partial charge in [-0.05, 0) is 62.5 Å². The summed E-state index contributed by atoms with van der Waals surface area (Å²) in [6.07, 6.45) is 5.80. The first-order valence-electron chi connectivity index (χ1n) is 9.74. The SMILES string of the molecule is COC(=O)C12CC3CC(CC(NC(=O)Cc4noc5ccccc45)(C3)C1)C2. The molecule has 1 aromatic carbocycles. The number of amides is 1. The second-order valence-corrected chi connectivity index (χ2v) is 8.86. The van der Waals surface area contributed by atoms with Crippen LogP contribution < -0.4 is 5.32 Å². The van der Waals surface area contributed by atoms with E-state index in [0.29, 0.717) is 29.5 Å². The summed E-state index contributed by atoms with van der Waals surface area (Å²) in [5.41, 5.74) is 0.664. The van der Waals surface area contributed by atoms with Gasteiger partial charge in [-0.2, -0.15) is 0 Å². The number of ether oxygens (including phenoxy) is 1. The first-order valence-corrected chi connectivity index (χ1v) is 9.74. The minimum atomic E-state index is -0.410. The van der Waals surface area contributed by atoms with E-state index < -0.39 is 5.41 Å². The van der Waals surface area contributed by atoms with Crippen LogP contribution in [0, 0.1) is 17.3 Å². The second kappa shape index (κ2) is 5.81. The third kappa shape index (κ3) is 2.65. The van der Waals surface area contributed by atoms with Gasteiger partial charge in [0.1, 0.15) is 5.69 Å². The summed E-state index contributed by atoms with van der Waals surface area (Å²) in [6.45, 7) is 0. The Hall–Kier alpha value is -2.37. The number of nitrogens with zero attached hydrogens (tertiary/aromatic N) is 1. The van der Waals surface area contributed by atoms with Crippen molar-refractivity contribution in [3.8, 4) is 0 Å². The van der Waals surface area contributed by atoms with Crippen molar-refractivity contribution in [2.24, 2.45) is 17.3 Å². The Kier molecular flexibility index (Phi) is 3.61. The maximum Gasteiger partial charge on any atom is 0.311 e. The van der Waals surface area contributed by atoms with Crippen LogP contribution >= 0.6 is 0 Å². The average molecular weight is 368 g/mol. The Morgan fingerprint density at radius 1 is 1.22 bits per heavy atom. The molecule has 6 nitrogen and oxygen atoms in total. The van der Waals surface area contributed by atoms with Gasteiger partial charge in [-0.25, -0.2) is 0 Å². The fraction of sp³-hybridized carbons (Fsp3) is 0.571. The van der Waals surface area contributed by atoms with Crippen molar-refractivity contribution >= 4 is 22.8 Å². The summed E-state index contributed by atoms with van der Waals surface area (Å²) >= 11 is 0. The minimum absolute atomic E-state index is 0.0454. The molecule has 4 bridgehead atoms. The van der Waals surface area contributed by atoms with Crippen LogP contribution in [-0.4, -0.2) is 29.7 Å². The van der Waals surface area contributed by atoms with E-state index in [4.69, 9.17) is 9.26 Å². The molecule has 27 heavy (non-hydrogen) atoms. The molecule has 4 aliphatic rings. The molecule has 1 heterocycles. The molecule has 0 saturated heterocycles. The van der Waals surface area contributed by atoms with Gasteiger partial charge < -0.3 is 14.6 Å². The highest BCUT2D eigenvalue weighted by atomic mass is 16.5.